The normalized spacial score (nSPS) is 11.7. The number of hydrogen-bond donors (Lipinski definition) is 3. The first kappa shape index (κ1) is 25.4. The zero-order valence-electron chi connectivity index (χ0n) is 19.4. The Kier molecular flexibility index (Phi) is 7.11. The molecule has 2 aromatic heterocycles. The van der Waals surface area contributed by atoms with Crippen LogP contribution in [0.1, 0.15) is 10.4 Å². The van der Waals surface area contributed by atoms with Crippen molar-refractivity contribution in [2.45, 2.75) is 4.90 Å². The number of nitrogens with two attached hydrogens (primary N) is 1. The topological polar surface area (TPSA) is 135 Å². The number of nitrogens with zero attached hydrogens (tertiary/aromatic N) is 4. The second-order valence-electron chi connectivity index (χ2n) is 8.14. The number of nitrogens with one attached hydrogen (secondary N) is 2. The van der Waals surface area contributed by atoms with Crippen LogP contribution in [0.5, 0.6) is 0 Å². The predicted molar refractivity (Wildman–Crippen MR) is 136 cm³/mol. The number of rotatable bonds is 8. The SMILES string of the molecule is CN(C)CCNC(=O)c1cnn2c(N)c(-c3ccc(NS(=O)(=O)c4ccccc4Cl)cc3F)cnc12. The van der Waals surface area contributed by atoms with Crippen molar-refractivity contribution in [1.82, 2.24) is 24.8 Å². The lowest BCUT2D eigenvalue weighted by Crippen LogP contribution is -2.31. The summed E-state index contributed by atoms with van der Waals surface area (Å²) in [5.74, 6) is -1.03. The molecule has 0 aliphatic carbocycles. The number of halogens is 2. The highest BCUT2D eigenvalue weighted by Crippen LogP contribution is 2.31. The smallest absolute Gasteiger partial charge is 0.263 e. The minimum absolute atomic E-state index is 0.000418. The lowest BCUT2D eigenvalue weighted by molar-refractivity contribution is 0.0952. The highest BCUT2D eigenvalue weighted by Gasteiger charge is 2.21. The summed E-state index contributed by atoms with van der Waals surface area (Å²) in [7, 11) is -0.245. The molecule has 0 bridgehead atoms. The summed E-state index contributed by atoms with van der Waals surface area (Å²) in [5, 5.41) is 6.96. The first-order valence-electron chi connectivity index (χ1n) is 10.7. The number of amides is 1. The second kappa shape index (κ2) is 10.1. The fourth-order valence-corrected chi connectivity index (χ4v) is 5.04. The molecule has 0 atom stereocenters. The van der Waals surface area contributed by atoms with E-state index in [1.807, 2.05) is 19.0 Å². The second-order valence-corrected chi connectivity index (χ2v) is 10.2. The number of carbonyl (C=O) groups excluding carboxylic acids is 1. The van der Waals surface area contributed by atoms with E-state index >= 15 is 4.39 Å². The Hall–Kier alpha value is -3.74. The molecule has 0 spiro atoms. The van der Waals surface area contributed by atoms with Gasteiger partial charge >= 0.3 is 0 Å². The minimum atomic E-state index is -4.03. The van der Waals surface area contributed by atoms with Gasteiger partial charge in [-0.05, 0) is 44.4 Å². The van der Waals surface area contributed by atoms with Crippen molar-refractivity contribution in [2.24, 2.45) is 0 Å². The third-order valence-electron chi connectivity index (χ3n) is 5.29. The van der Waals surface area contributed by atoms with Crippen LogP contribution in [0.3, 0.4) is 0 Å². The summed E-state index contributed by atoms with van der Waals surface area (Å²) in [5.41, 5.74) is 7.00. The van der Waals surface area contributed by atoms with Crippen molar-refractivity contribution < 1.29 is 17.6 Å². The highest BCUT2D eigenvalue weighted by atomic mass is 35.5. The van der Waals surface area contributed by atoms with Gasteiger partial charge in [0.25, 0.3) is 15.9 Å². The third kappa shape index (κ3) is 5.10. The fourth-order valence-electron chi connectivity index (χ4n) is 3.47. The monoisotopic (exact) mass is 531 g/mol. The molecule has 0 saturated carbocycles. The maximum Gasteiger partial charge on any atom is 0.263 e. The molecular formula is C23H23ClFN7O3S. The maximum atomic E-state index is 15.1. The van der Waals surface area contributed by atoms with Gasteiger partial charge in [-0.25, -0.2) is 17.8 Å². The summed E-state index contributed by atoms with van der Waals surface area (Å²) >= 11 is 5.99. The van der Waals surface area contributed by atoms with E-state index in [9.17, 15) is 13.2 Å². The molecule has 4 N–H and O–H groups in total. The Balaban J connectivity index is 1.60. The molecule has 2 heterocycles. The average molecular weight is 532 g/mol. The van der Waals surface area contributed by atoms with Gasteiger partial charge in [-0.2, -0.15) is 9.61 Å². The van der Waals surface area contributed by atoms with Crippen LogP contribution in [0.2, 0.25) is 5.02 Å². The first-order valence-corrected chi connectivity index (χ1v) is 12.6. The van der Waals surface area contributed by atoms with Crippen molar-refractivity contribution in [3.8, 4) is 11.1 Å². The number of likely N-dealkylation sites (N-methyl/N-ethyl adjacent to an activating group) is 1. The summed E-state index contributed by atoms with van der Waals surface area (Å²) < 4.78 is 43.9. The Morgan fingerprint density at radius 1 is 1.17 bits per heavy atom. The third-order valence-corrected chi connectivity index (χ3v) is 7.17. The molecule has 0 unspecified atom stereocenters. The largest absolute Gasteiger partial charge is 0.383 e. The highest BCUT2D eigenvalue weighted by molar-refractivity contribution is 7.92. The van der Waals surface area contributed by atoms with Gasteiger partial charge < -0.3 is 16.0 Å². The van der Waals surface area contributed by atoms with Crippen LogP contribution >= 0.6 is 11.6 Å². The molecule has 0 aliphatic rings. The van der Waals surface area contributed by atoms with Crippen molar-refractivity contribution in [1.29, 1.82) is 0 Å². The molecule has 4 rings (SSSR count). The van der Waals surface area contributed by atoms with Gasteiger partial charge in [-0.3, -0.25) is 9.52 Å². The molecule has 10 nitrogen and oxygen atoms in total. The van der Waals surface area contributed by atoms with Crippen LogP contribution in [0.4, 0.5) is 15.9 Å². The van der Waals surface area contributed by atoms with E-state index in [2.05, 4.69) is 20.1 Å². The van der Waals surface area contributed by atoms with Gasteiger partial charge in [0, 0.05) is 30.4 Å². The first-order chi connectivity index (χ1) is 17.1. The number of aromatic nitrogens is 3. The molecule has 4 aromatic rings. The van der Waals surface area contributed by atoms with Crippen LogP contribution in [-0.4, -0.2) is 61.0 Å². The van der Waals surface area contributed by atoms with Gasteiger partial charge in [0.15, 0.2) is 5.65 Å². The molecule has 0 aliphatic heterocycles. The zero-order valence-corrected chi connectivity index (χ0v) is 20.9. The Morgan fingerprint density at radius 3 is 2.61 bits per heavy atom. The summed E-state index contributed by atoms with van der Waals surface area (Å²) in [6.45, 7) is 1.10. The quantitative estimate of drug-likeness (QED) is 0.318. The van der Waals surface area contributed by atoms with E-state index in [-0.39, 0.29) is 49.7 Å². The molecule has 13 heteroatoms. The van der Waals surface area contributed by atoms with E-state index in [1.54, 1.807) is 6.07 Å². The molecule has 36 heavy (non-hydrogen) atoms. The Labute approximate surface area is 211 Å². The van der Waals surface area contributed by atoms with Crippen molar-refractivity contribution in [3.63, 3.8) is 0 Å². The van der Waals surface area contributed by atoms with Crippen LogP contribution in [-0.2, 0) is 10.0 Å². The van der Waals surface area contributed by atoms with Crippen LogP contribution in [0, 0.1) is 5.82 Å². The number of nitrogen functional groups attached to an aromatic ring is 1. The number of anilines is 2. The lowest BCUT2D eigenvalue weighted by atomic mass is 10.1. The van der Waals surface area contributed by atoms with E-state index in [4.69, 9.17) is 17.3 Å². The number of benzene rings is 2. The van der Waals surface area contributed by atoms with E-state index in [0.717, 1.165) is 6.07 Å². The Bertz CT molecular complexity index is 1560. The van der Waals surface area contributed by atoms with Crippen LogP contribution in [0.25, 0.3) is 16.8 Å². The number of carbonyl (C=O) groups is 1. The molecule has 1 amide bonds. The average Bonchev–Trinajstić information content (AvgIpc) is 3.25. The molecule has 0 saturated heterocycles. The summed E-state index contributed by atoms with van der Waals surface area (Å²) in [6, 6.07) is 9.72. The molecule has 2 aromatic carbocycles. The fraction of sp³-hybridized carbons (Fsp3) is 0.174. The van der Waals surface area contributed by atoms with E-state index in [1.165, 1.54) is 47.2 Å². The maximum absolute atomic E-state index is 15.1. The van der Waals surface area contributed by atoms with Gasteiger partial charge in [0.1, 0.15) is 22.1 Å². The molecule has 0 fully saturated rings. The number of fused-ring (bicyclic) bond motifs is 1. The van der Waals surface area contributed by atoms with Gasteiger partial charge in [0.2, 0.25) is 0 Å². The Morgan fingerprint density at radius 2 is 1.92 bits per heavy atom. The van der Waals surface area contributed by atoms with Crippen LogP contribution in [0.15, 0.2) is 59.8 Å². The molecular weight excluding hydrogens is 509 g/mol. The van der Waals surface area contributed by atoms with Gasteiger partial charge in [-0.1, -0.05) is 23.7 Å². The van der Waals surface area contributed by atoms with Gasteiger partial charge in [-0.15, -0.1) is 0 Å². The minimum Gasteiger partial charge on any atom is -0.383 e. The van der Waals surface area contributed by atoms with Crippen molar-refractivity contribution >= 4 is 44.7 Å². The van der Waals surface area contributed by atoms with Crippen molar-refractivity contribution in [2.75, 3.05) is 37.6 Å². The summed E-state index contributed by atoms with van der Waals surface area (Å²) in [6.07, 6.45) is 2.69. The lowest BCUT2D eigenvalue weighted by Gasteiger charge is -2.12. The van der Waals surface area contributed by atoms with Crippen molar-refractivity contribution in [3.05, 3.63) is 71.3 Å². The van der Waals surface area contributed by atoms with Crippen LogP contribution < -0.4 is 15.8 Å². The van der Waals surface area contributed by atoms with E-state index < -0.39 is 15.8 Å². The summed E-state index contributed by atoms with van der Waals surface area (Å²) in [4.78, 5) is 18.6. The molecule has 188 valence electrons. The zero-order chi connectivity index (χ0) is 26.0. The van der Waals surface area contributed by atoms with Gasteiger partial charge in [0.05, 0.1) is 16.9 Å². The van der Waals surface area contributed by atoms with E-state index in [0.29, 0.717) is 13.1 Å². The molecule has 0 radical (unpaired) electrons. The predicted octanol–water partition coefficient (Wildman–Crippen LogP) is 2.86. The standard InChI is InChI=1S/C23H23ClFN7O3S/c1-31(2)10-9-27-23(33)17-13-29-32-21(26)16(12-28-22(17)32)15-8-7-14(11-19(15)25)30-36(34,35)20-6-4-3-5-18(20)24/h3-8,11-13,30H,9-10,26H2,1-2H3,(H,27,33). The number of sulfonamides is 1. The number of hydrogen-bond acceptors (Lipinski definition) is 7.